The quantitative estimate of drug-likeness (QED) is 0.727. The highest BCUT2D eigenvalue weighted by molar-refractivity contribution is 7.10. The fourth-order valence-electron chi connectivity index (χ4n) is 3.13. The van der Waals surface area contributed by atoms with Crippen LogP contribution in [0.3, 0.4) is 0 Å². The number of carbonyl (C=O) groups excluding carboxylic acids is 2. The number of amides is 2. The van der Waals surface area contributed by atoms with Gasteiger partial charge in [-0.2, -0.15) is 0 Å². The van der Waals surface area contributed by atoms with Crippen molar-refractivity contribution >= 4 is 28.8 Å². The molecule has 0 radical (unpaired) electrons. The molecule has 1 aliphatic rings. The Hall–Kier alpha value is -2.18. The van der Waals surface area contributed by atoms with Crippen LogP contribution in [0.2, 0.25) is 0 Å². The summed E-state index contributed by atoms with van der Waals surface area (Å²) >= 11 is 1.67. The Balaban J connectivity index is 1.65. The molecule has 1 atom stereocenters. The third kappa shape index (κ3) is 4.14. The minimum atomic E-state index is -0.244. The molecule has 2 aromatic rings. The third-order valence-corrected chi connectivity index (χ3v) is 5.85. The van der Waals surface area contributed by atoms with Crippen LogP contribution in [0.4, 0.5) is 5.69 Å². The fraction of sp³-hybridized carbons (Fsp3) is 0.400. The van der Waals surface area contributed by atoms with E-state index in [4.69, 9.17) is 0 Å². The van der Waals surface area contributed by atoms with Gasteiger partial charge in [0.25, 0.3) is 11.8 Å². The van der Waals surface area contributed by atoms with Crippen molar-refractivity contribution in [3.8, 4) is 0 Å². The number of hydrogen-bond acceptors (Lipinski definition) is 4. The van der Waals surface area contributed by atoms with E-state index in [1.165, 1.54) is 16.9 Å². The summed E-state index contributed by atoms with van der Waals surface area (Å²) in [6, 6.07) is 6.57. The lowest BCUT2D eigenvalue weighted by Gasteiger charge is -2.14. The summed E-state index contributed by atoms with van der Waals surface area (Å²) in [6.45, 7) is 1.82. The van der Waals surface area contributed by atoms with E-state index in [0.29, 0.717) is 17.7 Å². The highest BCUT2D eigenvalue weighted by Crippen LogP contribution is 2.30. The van der Waals surface area contributed by atoms with Crippen LogP contribution in [-0.4, -0.2) is 29.6 Å². The number of rotatable bonds is 6. The molecule has 1 heterocycles. The average Bonchev–Trinajstić information content (AvgIpc) is 3.10. The first-order valence-electron chi connectivity index (χ1n) is 9.04. The predicted molar refractivity (Wildman–Crippen MR) is 104 cm³/mol. The number of carbonyl (C=O) groups is 2. The molecule has 0 fully saturated rings. The van der Waals surface area contributed by atoms with Crippen molar-refractivity contribution in [2.75, 3.05) is 11.9 Å². The zero-order valence-electron chi connectivity index (χ0n) is 14.9. The molecule has 0 spiro atoms. The minimum Gasteiger partial charge on any atom is -0.394 e. The first-order chi connectivity index (χ1) is 12.6. The maximum Gasteiger partial charge on any atom is 0.256 e. The lowest BCUT2D eigenvalue weighted by Crippen LogP contribution is -2.36. The Morgan fingerprint density at radius 1 is 1.15 bits per heavy atom. The standard InChI is InChI=1S/C20H24N2O3S/c1-2-14(11-23)21-19(24)13-7-9-15(10-8-13)22-20(25)17-12-26-18-6-4-3-5-16(17)18/h7-10,12,14,23H,2-6,11H2,1H3,(H,21,24)(H,22,25)/t14-/m0/s1. The SMILES string of the molecule is CC[C@@H](CO)NC(=O)c1ccc(NC(=O)c2csc3c2CCCC3)cc1. The molecular formula is C20H24N2O3S. The van der Waals surface area contributed by atoms with Crippen molar-refractivity contribution in [3.05, 3.63) is 51.2 Å². The molecule has 0 unspecified atom stereocenters. The topological polar surface area (TPSA) is 78.4 Å². The van der Waals surface area contributed by atoms with Crippen molar-refractivity contribution in [1.82, 2.24) is 5.32 Å². The smallest absolute Gasteiger partial charge is 0.256 e. The fourth-order valence-corrected chi connectivity index (χ4v) is 4.26. The minimum absolute atomic E-state index is 0.0820. The summed E-state index contributed by atoms with van der Waals surface area (Å²) in [6.07, 6.45) is 5.06. The van der Waals surface area contributed by atoms with Crippen molar-refractivity contribution in [2.24, 2.45) is 0 Å². The average molecular weight is 372 g/mol. The van der Waals surface area contributed by atoms with E-state index in [1.54, 1.807) is 35.6 Å². The molecule has 138 valence electrons. The second-order valence-corrected chi connectivity index (χ2v) is 7.52. The molecule has 3 rings (SSSR count). The number of aliphatic hydroxyl groups is 1. The molecule has 1 aromatic heterocycles. The zero-order valence-corrected chi connectivity index (χ0v) is 15.7. The van der Waals surface area contributed by atoms with Crippen LogP contribution in [0.25, 0.3) is 0 Å². The molecule has 0 saturated heterocycles. The van der Waals surface area contributed by atoms with Gasteiger partial charge in [-0.3, -0.25) is 9.59 Å². The van der Waals surface area contributed by atoms with Crippen molar-refractivity contribution < 1.29 is 14.7 Å². The lowest BCUT2D eigenvalue weighted by atomic mass is 9.95. The van der Waals surface area contributed by atoms with Crippen LogP contribution in [0.5, 0.6) is 0 Å². The van der Waals surface area contributed by atoms with Gasteiger partial charge in [0.05, 0.1) is 18.2 Å². The van der Waals surface area contributed by atoms with Gasteiger partial charge in [-0.25, -0.2) is 0 Å². The number of benzene rings is 1. The largest absolute Gasteiger partial charge is 0.394 e. The van der Waals surface area contributed by atoms with Gasteiger partial charge >= 0.3 is 0 Å². The van der Waals surface area contributed by atoms with Gasteiger partial charge in [-0.1, -0.05) is 6.92 Å². The number of anilines is 1. The first kappa shape index (κ1) is 18.6. The molecule has 1 aliphatic carbocycles. The molecule has 0 bridgehead atoms. The van der Waals surface area contributed by atoms with E-state index in [1.807, 2.05) is 12.3 Å². The summed E-state index contributed by atoms with van der Waals surface area (Å²) in [4.78, 5) is 26.1. The van der Waals surface area contributed by atoms with Gasteiger partial charge in [0.1, 0.15) is 0 Å². The van der Waals surface area contributed by atoms with Crippen LogP contribution >= 0.6 is 11.3 Å². The molecule has 0 saturated carbocycles. The van der Waals surface area contributed by atoms with E-state index in [0.717, 1.165) is 24.8 Å². The van der Waals surface area contributed by atoms with E-state index in [-0.39, 0.29) is 24.5 Å². The van der Waals surface area contributed by atoms with Crippen molar-refractivity contribution in [1.29, 1.82) is 0 Å². The van der Waals surface area contributed by atoms with Crippen LogP contribution < -0.4 is 10.6 Å². The molecule has 6 heteroatoms. The molecule has 0 aliphatic heterocycles. The highest BCUT2D eigenvalue weighted by atomic mass is 32.1. The third-order valence-electron chi connectivity index (χ3n) is 4.76. The van der Waals surface area contributed by atoms with E-state index in [2.05, 4.69) is 10.6 Å². The summed E-state index contributed by atoms with van der Waals surface area (Å²) in [5, 5.41) is 16.8. The number of aliphatic hydroxyl groups excluding tert-OH is 1. The molecule has 1 aromatic carbocycles. The van der Waals surface area contributed by atoms with E-state index < -0.39 is 0 Å². The summed E-state index contributed by atoms with van der Waals surface area (Å²) < 4.78 is 0. The molecular weight excluding hydrogens is 348 g/mol. The predicted octanol–water partition coefficient (Wildman–Crippen LogP) is 3.38. The van der Waals surface area contributed by atoms with Gasteiger partial charge in [-0.15, -0.1) is 11.3 Å². The number of nitrogens with one attached hydrogen (secondary N) is 2. The van der Waals surface area contributed by atoms with Crippen LogP contribution in [0.1, 0.15) is 57.3 Å². The second-order valence-electron chi connectivity index (χ2n) is 6.55. The van der Waals surface area contributed by atoms with E-state index in [9.17, 15) is 14.7 Å². The van der Waals surface area contributed by atoms with Crippen molar-refractivity contribution in [3.63, 3.8) is 0 Å². The van der Waals surface area contributed by atoms with E-state index >= 15 is 0 Å². The zero-order chi connectivity index (χ0) is 18.5. The maximum absolute atomic E-state index is 12.6. The summed E-state index contributed by atoms with van der Waals surface area (Å²) in [5.74, 6) is -0.316. The molecule has 26 heavy (non-hydrogen) atoms. The normalized spacial score (nSPS) is 14.4. The molecule has 3 N–H and O–H groups in total. The monoisotopic (exact) mass is 372 g/mol. The van der Waals surface area contributed by atoms with Gasteiger partial charge in [-0.05, 0) is 61.9 Å². The van der Waals surface area contributed by atoms with Gasteiger partial charge in [0, 0.05) is 21.5 Å². The summed E-state index contributed by atoms with van der Waals surface area (Å²) in [7, 11) is 0. The summed E-state index contributed by atoms with van der Waals surface area (Å²) in [5.41, 5.74) is 3.14. The lowest BCUT2D eigenvalue weighted by molar-refractivity contribution is 0.0914. The van der Waals surface area contributed by atoms with Crippen LogP contribution in [0.15, 0.2) is 29.6 Å². The van der Waals surface area contributed by atoms with Crippen LogP contribution in [0, 0.1) is 0 Å². The van der Waals surface area contributed by atoms with Crippen LogP contribution in [-0.2, 0) is 12.8 Å². The van der Waals surface area contributed by atoms with Gasteiger partial charge in [0.2, 0.25) is 0 Å². The second kappa shape index (κ2) is 8.47. The number of hydrogen-bond donors (Lipinski definition) is 3. The number of aryl methyl sites for hydroxylation is 1. The number of thiophene rings is 1. The molecule has 5 nitrogen and oxygen atoms in total. The maximum atomic E-state index is 12.6. The van der Waals surface area contributed by atoms with Crippen molar-refractivity contribution in [2.45, 2.75) is 45.1 Å². The molecule has 2 amide bonds. The number of fused-ring (bicyclic) bond motifs is 1. The Kier molecular flexibility index (Phi) is 6.06. The highest BCUT2D eigenvalue weighted by Gasteiger charge is 2.20. The van der Waals surface area contributed by atoms with Gasteiger partial charge in [0.15, 0.2) is 0 Å². The first-order valence-corrected chi connectivity index (χ1v) is 9.92. The Morgan fingerprint density at radius 3 is 2.58 bits per heavy atom. The Bertz CT molecular complexity index is 779. The Labute approximate surface area is 157 Å². The Morgan fingerprint density at radius 2 is 1.88 bits per heavy atom. The van der Waals surface area contributed by atoms with Gasteiger partial charge < -0.3 is 15.7 Å².